The van der Waals surface area contributed by atoms with Crippen LogP contribution < -0.4 is 0 Å². The van der Waals surface area contributed by atoms with Crippen LogP contribution in [0.1, 0.15) is 30.6 Å². The molecule has 0 saturated heterocycles. The Morgan fingerprint density at radius 1 is 1.53 bits per heavy atom. The smallest absolute Gasteiger partial charge is 0.330 e. The van der Waals surface area contributed by atoms with Gasteiger partial charge in [0.15, 0.2) is 0 Å². The van der Waals surface area contributed by atoms with Crippen LogP contribution in [-0.2, 0) is 19.6 Å². The molecule has 0 spiro atoms. The zero-order chi connectivity index (χ0) is 14.6. The highest BCUT2D eigenvalue weighted by atomic mass is 32.2. The summed E-state index contributed by atoms with van der Waals surface area (Å²) in [7, 11) is -4.36. The average Bonchev–Trinajstić information content (AvgIpc) is 2.33. The number of carbonyl (C=O) groups is 1. The summed E-state index contributed by atoms with van der Waals surface area (Å²) in [5, 5.41) is 0. The van der Waals surface area contributed by atoms with Crippen LogP contribution in [0, 0.1) is 6.92 Å². The Kier molecular flexibility index (Phi) is 4.85. The van der Waals surface area contributed by atoms with Gasteiger partial charge in [0.05, 0.1) is 0 Å². The Hall–Kier alpha value is -1.66. The number of carbonyl (C=O) groups excluding carboxylic acids is 1. The zero-order valence-electron chi connectivity index (χ0n) is 10.8. The minimum atomic E-state index is -4.36. The summed E-state index contributed by atoms with van der Waals surface area (Å²) in [4.78, 5) is 11.0. The number of ether oxygens (including phenoxy) is 1. The maximum Gasteiger partial charge on any atom is 0.330 e. The molecule has 1 rings (SSSR count). The molecule has 1 N–H and O–H groups in total. The van der Waals surface area contributed by atoms with Crippen LogP contribution in [0.4, 0.5) is 0 Å². The summed E-state index contributed by atoms with van der Waals surface area (Å²) in [6.45, 7) is 6.81. The Morgan fingerprint density at radius 3 is 2.63 bits per heavy atom. The molecule has 1 unspecified atom stereocenters. The number of hydrogen-bond donors (Lipinski definition) is 1. The van der Waals surface area contributed by atoms with E-state index in [9.17, 15) is 17.8 Å². The van der Waals surface area contributed by atoms with Crippen LogP contribution >= 0.6 is 0 Å². The molecule has 19 heavy (non-hydrogen) atoms. The first kappa shape index (κ1) is 15.4. The summed E-state index contributed by atoms with van der Waals surface area (Å²) in [6.07, 6.45) is 0.638. The van der Waals surface area contributed by atoms with E-state index in [0.29, 0.717) is 6.42 Å². The average molecular weight is 284 g/mol. The lowest BCUT2D eigenvalue weighted by molar-refractivity contribution is -0.143. The summed E-state index contributed by atoms with van der Waals surface area (Å²) < 4.78 is 37.0. The molecule has 1 atom stereocenters. The third-order valence-electron chi connectivity index (χ3n) is 2.59. The van der Waals surface area contributed by atoms with Gasteiger partial charge in [-0.05, 0) is 19.4 Å². The number of esters is 1. The highest BCUT2D eigenvalue weighted by Crippen LogP contribution is 2.28. The van der Waals surface area contributed by atoms with Gasteiger partial charge in [-0.2, -0.15) is 8.42 Å². The monoisotopic (exact) mass is 284 g/mol. The van der Waals surface area contributed by atoms with E-state index < -0.39 is 22.2 Å². The molecule has 0 aliphatic rings. The quantitative estimate of drug-likeness (QED) is 0.510. The van der Waals surface area contributed by atoms with Gasteiger partial charge < -0.3 is 4.74 Å². The molecule has 1 aromatic rings. The van der Waals surface area contributed by atoms with Crippen molar-refractivity contribution in [2.75, 3.05) is 0 Å². The number of aryl methyl sites for hydroxylation is 1. The van der Waals surface area contributed by atoms with E-state index in [-0.39, 0.29) is 10.5 Å². The zero-order valence-corrected chi connectivity index (χ0v) is 11.6. The molecule has 0 aliphatic heterocycles. The van der Waals surface area contributed by atoms with Crippen molar-refractivity contribution >= 4 is 16.1 Å². The largest absolute Gasteiger partial charge is 0.454 e. The van der Waals surface area contributed by atoms with E-state index in [1.54, 1.807) is 26.0 Å². The molecule has 0 radical (unpaired) electrons. The van der Waals surface area contributed by atoms with E-state index in [4.69, 9.17) is 4.74 Å². The highest BCUT2D eigenvalue weighted by molar-refractivity contribution is 7.85. The number of hydrogen-bond acceptors (Lipinski definition) is 4. The number of rotatable bonds is 5. The van der Waals surface area contributed by atoms with Crippen LogP contribution in [0.3, 0.4) is 0 Å². The molecule has 0 amide bonds. The molecule has 0 aliphatic carbocycles. The molecular formula is C13H16O5S. The van der Waals surface area contributed by atoms with Crippen LogP contribution in [0.15, 0.2) is 35.7 Å². The molecule has 0 saturated carbocycles. The molecule has 5 nitrogen and oxygen atoms in total. The SMILES string of the molecule is C=CC(=O)OC(CC)c1cc(C)ccc1S(=O)(=O)O. The fourth-order valence-electron chi connectivity index (χ4n) is 1.71. The fourth-order valence-corrected chi connectivity index (χ4v) is 2.44. The topological polar surface area (TPSA) is 80.7 Å². The maximum atomic E-state index is 11.3. The first-order valence-electron chi connectivity index (χ1n) is 5.70. The molecule has 0 heterocycles. The number of benzene rings is 1. The molecule has 0 bridgehead atoms. The van der Waals surface area contributed by atoms with Gasteiger partial charge in [0.1, 0.15) is 11.0 Å². The molecular weight excluding hydrogens is 268 g/mol. The van der Waals surface area contributed by atoms with Crippen molar-refractivity contribution < 1.29 is 22.5 Å². The van der Waals surface area contributed by atoms with Crippen molar-refractivity contribution in [2.45, 2.75) is 31.3 Å². The van der Waals surface area contributed by atoms with Crippen LogP contribution in [0.2, 0.25) is 0 Å². The van der Waals surface area contributed by atoms with Gasteiger partial charge in [-0.3, -0.25) is 4.55 Å². The standard InChI is InChI=1S/C13H16O5S/c1-4-11(18-13(14)5-2)10-8-9(3)6-7-12(10)19(15,16)17/h5-8,11H,2,4H2,1,3H3,(H,15,16,17). The summed E-state index contributed by atoms with van der Waals surface area (Å²) in [6, 6.07) is 4.44. The van der Waals surface area contributed by atoms with Crippen molar-refractivity contribution in [3.63, 3.8) is 0 Å². The first-order chi connectivity index (χ1) is 8.79. The van der Waals surface area contributed by atoms with Gasteiger partial charge >= 0.3 is 5.97 Å². The molecule has 6 heteroatoms. The lowest BCUT2D eigenvalue weighted by Crippen LogP contribution is -2.13. The maximum absolute atomic E-state index is 11.3. The van der Waals surface area contributed by atoms with Crippen LogP contribution in [-0.4, -0.2) is 18.9 Å². The van der Waals surface area contributed by atoms with Crippen molar-refractivity contribution in [3.05, 3.63) is 42.0 Å². The van der Waals surface area contributed by atoms with Crippen LogP contribution in [0.25, 0.3) is 0 Å². The third-order valence-corrected chi connectivity index (χ3v) is 3.51. The van der Waals surface area contributed by atoms with Crippen molar-refractivity contribution in [1.82, 2.24) is 0 Å². The predicted octanol–water partition coefficient (Wildman–Crippen LogP) is 2.42. The van der Waals surface area contributed by atoms with Crippen LogP contribution in [0.5, 0.6) is 0 Å². The summed E-state index contributed by atoms with van der Waals surface area (Å²) in [5.74, 6) is -0.644. The summed E-state index contributed by atoms with van der Waals surface area (Å²) >= 11 is 0. The van der Waals surface area contributed by atoms with E-state index >= 15 is 0 Å². The van der Waals surface area contributed by atoms with Crippen molar-refractivity contribution in [1.29, 1.82) is 0 Å². The lowest BCUT2D eigenvalue weighted by atomic mass is 10.0. The van der Waals surface area contributed by atoms with E-state index in [2.05, 4.69) is 6.58 Å². The second kappa shape index (κ2) is 5.99. The van der Waals surface area contributed by atoms with Gasteiger partial charge in [0, 0.05) is 11.6 Å². The Morgan fingerprint density at radius 2 is 2.16 bits per heavy atom. The van der Waals surface area contributed by atoms with Gasteiger partial charge in [-0.25, -0.2) is 4.79 Å². The Bertz CT molecular complexity index is 589. The van der Waals surface area contributed by atoms with Gasteiger partial charge in [0.25, 0.3) is 10.1 Å². The van der Waals surface area contributed by atoms with Gasteiger partial charge in [0.2, 0.25) is 0 Å². The highest BCUT2D eigenvalue weighted by Gasteiger charge is 2.23. The Labute approximate surface area is 112 Å². The van der Waals surface area contributed by atoms with E-state index in [0.717, 1.165) is 11.6 Å². The first-order valence-corrected chi connectivity index (χ1v) is 7.14. The van der Waals surface area contributed by atoms with Gasteiger partial charge in [-0.15, -0.1) is 0 Å². The molecule has 0 fully saturated rings. The predicted molar refractivity (Wildman–Crippen MR) is 70.3 cm³/mol. The lowest BCUT2D eigenvalue weighted by Gasteiger charge is -2.18. The fraction of sp³-hybridized carbons (Fsp3) is 0.308. The second-order valence-electron chi connectivity index (χ2n) is 4.05. The molecule has 0 aromatic heterocycles. The second-order valence-corrected chi connectivity index (χ2v) is 5.44. The normalized spacial score (nSPS) is 12.8. The minimum Gasteiger partial charge on any atom is -0.454 e. The molecule has 104 valence electrons. The minimum absolute atomic E-state index is 0.248. The van der Waals surface area contributed by atoms with E-state index in [1.165, 1.54) is 6.07 Å². The summed E-state index contributed by atoms with van der Waals surface area (Å²) in [5.41, 5.74) is 1.07. The van der Waals surface area contributed by atoms with E-state index in [1.807, 2.05) is 0 Å². The molecule has 1 aromatic carbocycles. The Balaban J connectivity index is 3.33. The van der Waals surface area contributed by atoms with Crippen molar-refractivity contribution in [2.24, 2.45) is 0 Å². The third kappa shape index (κ3) is 3.90. The van der Waals surface area contributed by atoms with Gasteiger partial charge in [-0.1, -0.05) is 31.2 Å². The van der Waals surface area contributed by atoms with Crippen molar-refractivity contribution in [3.8, 4) is 0 Å².